The Morgan fingerprint density at radius 1 is 0.383 bits per heavy atom. The van der Waals surface area contributed by atoms with Crippen LogP contribution in [0.3, 0.4) is 0 Å². The summed E-state index contributed by atoms with van der Waals surface area (Å²) in [6.07, 6.45) is 33.3. The molecule has 0 aromatic heterocycles. The van der Waals surface area contributed by atoms with Crippen LogP contribution in [0.1, 0.15) is 207 Å². The van der Waals surface area contributed by atoms with Gasteiger partial charge in [0.15, 0.2) is 0 Å². The maximum Gasteiger partial charge on any atom is 2.00 e. The molecule has 0 aromatic carbocycles. The second kappa shape index (κ2) is 38.2. The average Bonchev–Trinajstić information content (AvgIpc) is 3.00. The van der Waals surface area contributed by atoms with Gasteiger partial charge in [0.25, 0.3) is 0 Å². The molecule has 0 aliphatic heterocycles. The molecule has 0 spiro atoms. The van der Waals surface area contributed by atoms with Crippen molar-refractivity contribution in [1.82, 2.24) is 0 Å². The zero-order chi connectivity index (χ0) is 34.8. The molecular weight excluding hydrogens is 665 g/mol. The molecule has 0 amide bonds. The van der Waals surface area contributed by atoms with Crippen molar-refractivity contribution >= 4 is 58.5 Å². The van der Waals surface area contributed by atoms with E-state index in [1.54, 1.807) is 0 Å². The van der Waals surface area contributed by atoms with Crippen molar-refractivity contribution in [3.63, 3.8) is 0 Å². The summed E-state index contributed by atoms with van der Waals surface area (Å²) in [6.45, 7) is 8.95. The van der Waals surface area contributed by atoms with Gasteiger partial charge in [-0.05, 0) is 37.5 Å². The van der Waals surface area contributed by atoms with Gasteiger partial charge < -0.3 is 9.11 Å². The van der Waals surface area contributed by atoms with E-state index in [1.165, 1.54) is 128 Å². The minimum Gasteiger partial charge on any atom is -0.726 e. The Bertz CT molecular complexity index is 725. The van der Waals surface area contributed by atoms with Gasteiger partial charge in [-0.25, -0.2) is 16.8 Å². The van der Waals surface area contributed by atoms with Gasteiger partial charge in [0.2, 0.25) is 20.8 Å². The Kier molecular flexibility index (Phi) is 42.6. The van der Waals surface area contributed by atoms with Crippen LogP contribution in [0.25, 0.3) is 0 Å². The van der Waals surface area contributed by atoms with Crippen molar-refractivity contribution in [2.75, 3.05) is 13.2 Å². The third-order valence-electron chi connectivity index (χ3n) is 8.76. The first-order valence-electron chi connectivity index (χ1n) is 19.2. The summed E-state index contributed by atoms with van der Waals surface area (Å²) in [5.41, 5.74) is 0. The average molecular weight is 739 g/mol. The van der Waals surface area contributed by atoms with E-state index in [1.807, 2.05) is 0 Å². The van der Waals surface area contributed by atoms with Gasteiger partial charge in [-0.2, -0.15) is 0 Å². The molecule has 0 aliphatic carbocycles. The first-order valence-corrected chi connectivity index (χ1v) is 21.9. The van der Waals surface area contributed by atoms with E-state index < -0.39 is 20.8 Å². The third kappa shape index (κ3) is 47.0. The van der Waals surface area contributed by atoms with E-state index in [0.717, 1.165) is 51.4 Å². The van der Waals surface area contributed by atoms with Gasteiger partial charge in [-0.1, -0.05) is 182 Å². The van der Waals surface area contributed by atoms with E-state index in [2.05, 4.69) is 36.1 Å². The van der Waals surface area contributed by atoms with Crippen molar-refractivity contribution < 1.29 is 34.3 Å². The fraction of sp³-hybridized carbons (Fsp3) is 1.00. The standard InChI is InChI=1S/2C18H38O4S.Ca/c2*1-3-5-7-9-11-13-15-18(17-22-23(19,20)21)16-14-12-10-8-6-4-2;/h2*18H,3-17H2,1-2H3,(H,19,20,21);/q;;+2/p-2. The van der Waals surface area contributed by atoms with Crippen molar-refractivity contribution in [1.29, 1.82) is 0 Å². The van der Waals surface area contributed by atoms with Gasteiger partial charge in [-0.15, -0.1) is 0 Å². The molecule has 47 heavy (non-hydrogen) atoms. The topological polar surface area (TPSA) is 133 Å². The molecule has 0 atom stereocenters. The number of rotatable bonds is 34. The first kappa shape index (κ1) is 52.4. The Morgan fingerprint density at radius 2 is 0.574 bits per heavy atom. The van der Waals surface area contributed by atoms with E-state index in [0.29, 0.717) is 0 Å². The predicted octanol–water partition coefficient (Wildman–Crippen LogP) is 10.8. The molecular formula is C36H74CaO8S2. The molecule has 0 bridgehead atoms. The summed E-state index contributed by atoms with van der Waals surface area (Å²) in [6, 6.07) is 0. The fourth-order valence-corrected chi connectivity index (χ4v) is 6.55. The summed E-state index contributed by atoms with van der Waals surface area (Å²) < 4.78 is 72.9. The Balaban J connectivity index is -0.000000807. The summed E-state index contributed by atoms with van der Waals surface area (Å²) in [5, 5.41) is 0. The molecule has 0 unspecified atom stereocenters. The minimum atomic E-state index is -4.55. The number of hydrogen-bond acceptors (Lipinski definition) is 8. The van der Waals surface area contributed by atoms with Crippen molar-refractivity contribution in [3.8, 4) is 0 Å². The Labute approximate surface area is 323 Å². The number of unbranched alkanes of at least 4 members (excludes halogenated alkanes) is 20. The fourth-order valence-electron chi connectivity index (χ4n) is 5.83. The van der Waals surface area contributed by atoms with Crippen molar-refractivity contribution in [2.24, 2.45) is 11.8 Å². The van der Waals surface area contributed by atoms with Crippen LogP contribution in [0.4, 0.5) is 0 Å². The summed E-state index contributed by atoms with van der Waals surface area (Å²) >= 11 is 0. The van der Waals surface area contributed by atoms with E-state index in [9.17, 15) is 25.9 Å². The maximum atomic E-state index is 10.7. The maximum absolute atomic E-state index is 10.7. The van der Waals surface area contributed by atoms with Crippen molar-refractivity contribution in [3.05, 3.63) is 0 Å². The second-order valence-corrected chi connectivity index (χ2v) is 15.4. The molecule has 0 aromatic rings. The summed E-state index contributed by atoms with van der Waals surface area (Å²) in [5.74, 6) is 0.409. The van der Waals surface area contributed by atoms with Crippen LogP contribution >= 0.6 is 0 Å². The minimum absolute atomic E-state index is 0. The quantitative estimate of drug-likeness (QED) is 0.0276. The normalized spacial score (nSPS) is 11.9. The molecule has 0 fully saturated rings. The molecule has 0 heterocycles. The molecule has 0 aliphatic rings. The van der Waals surface area contributed by atoms with Gasteiger partial charge in [-0.3, -0.25) is 8.37 Å². The molecule has 0 saturated heterocycles. The largest absolute Gasteiger partial charge is 2.00 e. The van der Waals surface area contributed by atoms with Crippen LogP contribution in [0.15, 0.2) is 0 Å². The van der Waals surface area contributed by atoms with Gasteiger partial charge >= 0.3 is 37.7 Å². The SMILES string of the molecule is CCCCCCCCC(CCCCCCCC)COS(=O)(=O)[O-].CCCCCCCCC(CCCCCCCC)COS(=O)(=O)[O-].[Ca+2]. The molecule has 280 valence electrons. The zero-order valence-corrected chi connectivity index (χ0v) is 35.0. The predicted molar refractivity (Wildman–Crippen MR) is 196 cm³/mol. The van der Waals surface area contributed by atoms with E-state index in [4.69, 9.17) is 0 Å². The van der Waals surface area contributed by atoms with Gasteiger partial charge in [0, 0.05) is 0 Å². The molecule has 8 nitrogen and oxygen atoms in total. The zero-order valence-electron chi connectivity index (χ0n) is 31.2. The first-order chi connectivity index (χ1) is 22.0. The van der Waals surface area contributed by atoms with Crippen LogP contribution in [0, 0.1) is 11.8 Å². The molecule has 0 N–H and O–H groups in total. The molecule has 0 radical (unpaired) electrons. The second-order valence-electron chi connectivity index (χ2n) is 13.3. The van der Waals surface area contributed by atoms with Crippen molar-refractivity contribution in [2.45, 2.75) is 207 Å². The third-order valence-corrected chi connectivity index (χ3v) is 9.61. The summed E-state index contributed by atoms with van der Waals surface area (Å²) in [4.78, 5) is 0. The summed E-state index contributed by atoms with van der Waals surface area (Å²) in [7, 11) is -9.11. The van der Waals surface area contributed by atoms with Gasteiger partial charge in [0.05, 0.1) is 13.2 Å². The van der Waals surface area contributed by atoms with Crippen LogP contribution in [-0.4, -0.2) is 76.9 Å². The van der Waals surface area contributed by atoms with Crippen LogP contribution in [-0.2, 0) is 29.2 Å². The monoisotopic (exact) mass is 738 g/mol. The molecule has 0 rings (SSSR count). The van der Waals surface area contributed by atoms with Crippen LogP contribution < -0.4 is 0 Å². The Morgan fingerprint density at radius 3 is 0.766 bits per heavy atom. The van der Waals surface area contributed by atoms with E-state index in [-0.39, 0.29) is 62.8 Å². The molecule has 11 heteroatoms. The molecule has 0 saturated carbocycles. The Hall–Kier alpha value is 1.000. The van der Waals surface area contributed by atoms with E-state index >= 15 is 0 Å². The number of hydrogen-bond donors (Lipinski definition) is 0. The van der Waals surface area contributed by atoms with Crippen LogP contribution in [0.2, 0.25) is 0 Å². The smallest absolute Gasteiger partial charge is 0.726 e. The van der Waals surface area contributed by atoms with Crippen LogP contribution in [0.5, 0.6) is 0 Å². The van der Waals surface area contributed by atoms with Gasteiger partial charge in [0.1, 0.15) is 0 Å².